The van der Waals surface area contributed by atoms with Gasteiger partial charge in [0.05, 0.1) is 0 Å². The van der Waals surface area contributed by atoms with Gasteiger partial charge in [0.2, 0.25) is 5.91 Å². The summed E-state index contributed by atoms with van der Waals surface area (Å²) in [6.07, 6.45) is 1.39. The van der Waals surface area contributed by atoms with Crippen LogP contribution in [0.2, 0.25) is 0 Å². The summed E-state index contributed by atoms with van der Waals surface area (Å²) in [5, 5.41) is 8.75. The van der Waals surface area contributed by atoms with Crippen molar-refractivity contribution in [2.75, 3.05) is 19.7 Å². The number of aliphatic hydroxyl groups excluding tert-OH is 1. The Balaban J connectivity index is 1.85. The minimum absolute atomic E-state index is 0.00505. The monoisotopic (exact) mass is 253 g/mol. The molecule has 0 aromatic heterocycles. The molecular weight excluding hydrogens is 237 g/mol. The van der Waals surface area contributed by atoms with Crippen LogP contribution in [0.15, 0.2) is 24.3 Å². The predicted molar refractivity (Wildman–Crippen MR) is 63.7 cm³/mol. The van der Waals surface area contributed by atoms with Crippen molar-refractivity contribution >= 4 is 5.91 Å². The van der Waals surface area contributed by atoms with Gasteiger partial charge in [-0.25, -0.2) is 4.39 Å². The van der Waals surface area contributed by atoms with Gasteiger partial charge < -0.3 is 14.7 Å². The lowest BCUT2D eigenvalue weighted by atomic mass is 10.1. The van der Waals surface area contributed by atoms with Crippen LogP contribution in [0.25, 0.3) is 0 Å². The van der Waals surface area contributed by atoms with Crippen LogP contribution in [0.1, 0.15) is 12.8 Å². The maximum absolute atomic E-state index is 13.0. The highest BCUT2D eigenvalue weighted by Gasteiger charge is 2.23. The highest BCUT2D eigenvalue weighted by atomic mass is 19.1. The summed E-state index contributed by atoms with van der Waals surface area (Å²) >= 11 is 0. The topological polar surface area (TPSA) is 49.8 Å². The molecule has 1 amide bonds. The fourth-order valence-electron chi connectivity index (χ4n) is 2.06. The van der Waals surface area contributed by atoms with E-state index in [-0.39, 0.29) is 17.8 Å². The van der Waals surface area contributed by atoms with E-state index < -0.39 is 6.61 Å². The molecule has 1 fully saturated rings. The molecule has 1 aromatic carbocycles. The third kappa shape index (κ3) is 3.20. The van der Waals surface area contributed by atoms with E-state index in [4.69, 9.17) is 9.84 Å². The first kappa shape index (κ1) is 12.8. The number of carbonyl (C=O) groups excluding carboxylic acids is 1. The zero-order valence-corrected chi connectivity index (χ0v) is 10.0. The Morgan fingerprint density at radius 3 is 2.78 bits per heavy atom. The average molecular weight is 253 g/mol. The standard InChI is InChI=1S/C13H16FNO3/c14-10-2-1-3-12(8-10)18-11-4-6-15(7-5-11)13(17)9-16/h1-3,8,11,16H,4-7,9H2. The largest absolute Gasteiger partial charge is 0.490 e. The molecule has 1 saturated heterocycles. The lowest BCUT2D eigenvalue weighted by molar-refractivity contribution is -0.135. The Kier molecular flexibility index (Phi) is 4.15. The van der Waals surface area contributed by atoms with Gasteiger partial charge in [-0.2, -0.15) is 0 Å². The maximum atomic E-state index is 13.0. The van der Waals surface area contributed by atoms with E-state index >= 15 is 0 Å². The second kappa shape index (κ2) is 5.82. The van der Waals surface area contributed by atoms with Crippen LogP contribution in [-0.4, -0.2) is 41.7 Å². The SMILES string of the molecule is O=C(CO)N1CCC(Oc2cccc(F)c2)CC1. The van der Waals surface area contributed by atoms with E-state index in [0.717, 1.165) is 0 Å². The summed E-state index contributed by atoms with van der Waals surface area (Å²) in [6.45, 7) is 0.689. The minimum atomic E-state index is -0.449. The van der Waals surface area contributed by atoms with Gasteiger partial charge in [-0.15, -0.1) is 0 Å². The molecule has 98 valence electrons. The Labute approximate surface area is 105 Å². The molecule has 0 atom stereocenters. The van der Waals surface area contributed by atoms with Crippen molar-refractivity contribution in [3.05, 3.63) is 30.1 Å². The third-order valence-corrected chi connectivity index (χ3v) is 3.03. The summed E-state index contributed by atoms with van der Waals surface area (Å²) in [6, 6.07) is 6.05. The van der Waals surface area contributed by atoms with E-state index in [9.17, 15) is 9.18 Å². The zero-order chi connectivity index (χ0) is 13.0. The number of carbonyl (C=O) groups is 1. The first-order chi connectivity index (χ1) is 8.69. The summed E-state index contributed by atoms with van der Waals surface area (Å²) in [5.74, 6) is -0.0541. The van der Waals surface area contributed by atoms with Gasteiger partial charge in [0, 0.05) is 32.0 Å². The summed E-state index contributed by atoms with van der Waals surface area (Å²) < 4.78 is 18.6. The Hall–Kier alpha value is -1.62. The normalized spacial score (nSPS) is 16.7. The molecule has 0 saturated carbocycles. The van der Waals surface area contributed by atoms with Gasteiger partial charge in [0.15, 0.2) is 0 Å². The number of benzene rings is 1. The van der Waals surface area contributed by atoms with Gasteiger partial charge in [0.25, 0.3) is 0 Å². The molecule has 0 aliphatic carbocycles. The molecule has 0 spiro atoms. The number of rotatable bonds is 3. The van der Waals surface area contributed by atoms with Crippen LogP contribution in [0.4, 0.5) is 4.39 Å². The molecule has 1 heterocycles. The van der Waals surface area contributed by atoms with E-state index in [2.05, 4.69) is 0 Å². The third-order valence-electron chi connectivity index (χ3n) is 3.03. The number of amides is 1. The number of hydrogen-bond acceptors (Lipinski definition) is 3. The van der Waals surface area contributed by atoms with Gasteiger partial charge >= 0.3 is 0 Å². The van der Waals surface area contributed by atoms with Crippen LogP contribution in [0.3, 0.4) is 0 Å². The summed E-state index contributed by atoms with van der Waals surface area (Å²) in [4.78, 5) is 12.9. The van der Waals surface area contributed by atoms with Crippen LogP contribution >= 0.6 is 0 Å². The summed E-state index contributed by atoms with van der Waals surface area (Å²) in [5.41, 5.74) is 0. The van der Waals surface area contributed by atoms with Crippen molar-refractivity contribution in [2.45, 2.75) is 18.9 Å². The minimum Gasteiger partial charge on any atom is -0.490 e. The maximum Gasteiger partial charge on any atom is 0.248 e. The van der Waals surface area contributed by atoms with Crippen LogP contribution in [0.5, 0.6) is 5.75 Å². The quantitative estimate of drug-likeness (QED) is 0.880. The molecule has 2 rings (SSSR count). The number of piperidine rings is 1. The molecule has 5 heteroatoms. The lowest BCUT2D eigenvalue weighted by Crippen LogP contribution is -2.42. The van der Waals surface area contributed by atoms with Crippen molar-refractivity contribution in [1.29, 1.82) is 0 Å². The van der Waals surface area contributed by atoms with E-state index in [1.807, 2.05) is 0 Å². The predicted octanol–water partition coefficient (Wildman–Crippen LogP) is 1.19. The van der Waals surface area contributed by atoms with E-state index in [1.54, 1.807) is 17.0 Å². The van der Waals surface area contributed by atoms with Gasteiger partial charge in [-0.1, -0.05) is 6.07 Å². The smallest absolute Gasteiger partial charge is 0.248 e. The molecule has 18 heavy (non-hydrogen) atoms. The number of ether oxygens (including phenoxy) is 1. The zero-order valence-electron chi connectivity index (χ0n) is 10.0. The molecule has 1 N–H and O–H groups in total. The highest BCUT2D eigenvalue weighted by molar-refractivity contribution is 5.77. The molecule has 4 nitrogen and oxygen atoms in total. The van der Waals surface area contributed by atoms with Crippen molar-refractivity contribution in [2.24, 2.45) is 0 Å². The van der Waals surface area contributed by atoms with Crippen LogP contribution < -0.4 is 4.74 Å². The number of nitrogens with zero attached hydrogens (tertiary/aromatic N) is 1. The lowest BCUT2D eigenvalue weighted by Gasteiger charge is -2.31. The van der Waals surface area contributed by atoms with Crippen molar-refractivity contribution in [1.82, 2.24) is 4.90 Å². The second-order valence-electron chi connectivity index (χ2n) is 4.31. The molecule has 0 unspecified atom stereocenters. The molecule has 0 radical (unpaired) electrons. The fraction of sp³-hybridized carbons (Fsp3) is 0.462. The fourth-order valence-corrected chi connectivity index (χ4v) is 2.06. The van der Waals surface area contributed by atoms with Crippen LogP contribution in [0, 0.1) is 5.82 Å². The molecule has 1 aliphatic rings. The number of aliphatic hydroxyl groups is 1. The first-order valence-electron chi connectivity index (χ1n) is 6.00. The molecule has 1 aromatic rings. The second-order valence-corrected chi connectivity index (χ2v) is 4.31. The van der Waals surface area contributed by atoms with Gasteiger partial charge in [-0.3, -0.25) is 4.79 Å². The summed E-state index contributed by atoms with van der Waals surface area (Å²) in [7, 11) is 0. The van der Waals surface area contributed by atoms with Gasteiger partial charge in [-0.05, 0) is 12.1 Å². The Morgan fingerprint density at radius 1 is 1.44 bits per heavy atom. The number of likely N-dealkylation sites (tertiary alicyclic amines) is 1. The molecule has 0 bridgehead atoms. The first-order valence-corrected chi connectivity index (χ1v) is 6.00. The van der Waals surface area contributed by atoms with Gasteiger partial charge in [0.1, 0.15) is 24.3 Å². The van der Waals surface area contributed by atoms with E-state index in [1.165, 1.54) is 12.1 Å². The highest BCUT2D eigenvalue weighted by Crippen LogP contribution is 2.19. The average Bonchev–Trinajstić information content (AvgIpc) is 2.39. The Morgan fingerprint density at radius 2 is 2.17 bits per heavy atom. The van der Waals surface area contributed by atoms with Crippen molar-refractivity contribution in [3.8, 4) is 5.75 Å². The number of hydrogen-bond donors (Lipinski definition) is 1. The molecular formula is C13H16FNO3. The van der Waals surface area contributed by atoms with E-state index in [0.29, 0.717) is 31.7 Å². The van der Waals surface area contributed by atoms with Crippen molar-refractivity contribution < 1.29 is 19.0 Å². The van der Waals surface area contributed by atoms with Crippen molar-refractivity contribution in [3.63, 3.8) is 0 Å². The Bertz CT molecular complexity index is 416. The van der Waals surface area contributed by atoms with Crippen LogP contribution in [-0.2, 0) is 4.79 Å². The molecule has 1 aliphatic heterocycles. The number of halogens is 1.